The van der Waals surface area contributed by atoms with Crippen LogP contribution in [0.4, 0.5) is 22.0 Å². The largest absolute Gasteiger partial charge is 0.483 e. The van der Waals surface area contributed by atoms with E-state index in [0.717, 1.165) is 6.42 Å². The SMILES string of the molecule is C=C(CNCCC)COc1c(F)c(F)c(F)c(F)c1F. The van der Waals surface area contributed by atoms with Gasteiger partial charge in [-0.25, -0.2) is 13.2 Å². The van der Waals surface area contributed by atoms with Crippen LogP contribution in [0.2, 0.25) is 0 Å². The molecule has 0 atom stereocenters. The van der Waals surface area contributed by atoms with E-state index >= 15 is 0 Å². The normalized spacial score (nSPS) is 10.7. The van der Waals surface area contributed by atoms with Crippen molar-refractivity contribution in [1.29, 1.82) is 0 Å². The molecule has 2 nitrogen and oxygen atoms in total. The molecule has 0 bridgehead atoms. The van der Waals surface area contributed by atoms with Gasteiger partial charge in [0.2, 0.25) is 29.1 Å². The van der Waals surface area contributed by atoms with Crippen molar-refractivity contribution in [2.75, 3.05) is 19.7 Å². The van der Waals surface area contributed by atoms with Crippen LogP contribution >= 0.6 is 0 Å². The van der Waals surface area contributed by atoms with Crippen LogP contribution in [0.25, 0.3) is 0 Å². The maximum absolute atomic E-state index is 13.3. The zero-order chi connectivity index (χ0) is 15.3. The fourth-order valence-electron chi connectivity index (χ4n) is 1.38. The van der Waals surface area contributed by atoms with Gasteiger partial charge in [-0.3, -0.25) is 0 Å². The maximum Gasteiger partial charge on any atom is 0.207 e. The number of rotatable bonds is 7. The molecule has 0 radical (unpaired) electrons. The maximum atomic E-state index is 13.3. The molecule has 7 heteroatoms. The molecule has 0 aliphatic rings. The average molecular weight is 295 g/mol. The smallest absolute Gasteiger partial charge is 0.207 e. The van der Waals surface area contributed by atoms with Gasteiger partial charge in [-0.05, 0) is 18.5 Å². The summed E-state index contributed by atoms with van der Waals surface area (Å²) in [6, 6.07) is 0. The van der Waals surface area contributed by atoms with Crippen LogP contribution in [0.3, 0.4) is 0 Å². The van der Waals surface area contributed by atoms with E-state index in [4.69, 9.17) is 0 Å². The highest BCUT2D eigenvalue weighted by molar-refractivity contribution is 5.30. The number of halogens is 5. The lowest BCUT2D eigenvalue weighted by molar-refractivity contribution is 0.280. The predicted molar refractivity (Wildman–Crippen MR) is 64.0 cm³/mol. The fourth-order valence-corrected chi connectivity index (χ4v) is 1.38. The molecule has 1 N–H and O–H groups in total. The van der Waals surface area contributed by atoms with Crippen molar-refractivity contribution in [3.05, 3.63) is 41.2 Å². The molecule has 20 heavy (non-hydrogen) atoms. The van der Waals surface area contributed by atoms with Crippen LogP contribution in [-0.4, -0.2) is 19.7 Å². The Labute approximate surface area is 113 Å². The van der Waals surface area contributed by atoms with Gasteiger partial charge in [-0.15, -0.1) is 0 Å². The Hall–Kier alpha value is -1.63. The summed E-state index contributed by atoms with van der Waals surface area (Å²) in [7, 11) is 0. The standard InChI is InChI=1S/C13H14F5NO/c1-3-4-19-5-7(2)6-20-13-11(17)9(15)8(14)10(16)12(13)18/h19H,2-6H2,1H3. The summed E-state index contributed by atoms with van der Waals surface area (Å²) >= 11 is 0. The summed E-state index contributed by atoms with van der Waals surface area (Å²) in [4.78, 5) is 0. The molecule has 112 valence electrons. The molecule has 0 aliphatic carbocycles. The molecule has 1 rings (SSSR count). The van der Waals surface area contributed by atoms with Crippen LogP contribution < -0.4 is 10.1 Å². The molecule has 1 aromatic rings. The second kappa shape index (κ2) is 7.23. The van der Waals surface area contributed by atoms with Gasteiger partial charge in [-0.2, -0.15) is 8.78 Å². The fraction of sp³-hybridized carbons (Fsp3) is 0.385. The van der Waals surface area contributed by atoms with E-state index in [1.807, 2.05) is 6.92 Å². The van der Waals surface area contributed by atoms with Crippen LogP contribution in [-0.2, 0) is 0 Å². The van der Waals surface area contributed by atoms with Gasteiger partial charge < -0.3 is 10.1 Å². The van der Waals surface area contributed by atoms with Crippen molar-refractivity contribution in [2.24, 2.45) is 0 Å². The first-order valence-corrected chi connectivity index (χ1v) is 5.91. The van der Waals surface area contributed by atoms with Gasteiger partial charge in [0.1, 0.15) is 6.61 Å². The quantitative estimate of drug-likeness (QED) is 0.274. The highest BCUT2D eigenvalue weighted by atomic mass is 19.2. The minimum atomic E-state index is -2.21. The Morgan fingerprint density at radius 3 is 2.00 bits per heavy atom. The van der Waals surface area contributed by atoms with Crippen LogP contribution in [0.5, 0.6) is 5.75 Å². The molecule has 0 amide bonds. The number of ether oxygens (including phenoxy) is 1. The Morgan fingerprint density at radius 2 is 1.50 bits per heavy atom. The predicted octanol–water partition coefficient (Wildman–Crippen LogP) is 3.32. The molecular weight excluding hydrogens is 281 g/mol. The average Bonchev–Trinajstić information content (AvgIpc) is 2.43. The van der Waals surface area contributed by atoms with Gasteiger partial charge in [-0.1, -0.05) is 13.5 Å². The monoisotopic (exact) mass is 295 g/mol. The van der Waals surface area contributed by atoms with Gasteiger partial charge in [0.25, 0.3) is 0 Å². The van der Waals surface area contributed by atoms with Crippen molar-refractivity contribution in [3.63, 3.8) is 0 Å². The first-order chi connectivity index (χ1) is 9.40. The second-order valence-electron chi connectivity index (χ2n) is 4.11. The summed E-state index contributed by atoms with van der Waals surface area (Å²) < 4.78 is 69.8. The second-order valence-corrected chi connectivity index (χ2v) is 4.11. The van der Waals surface area contributed by atoms with Crippen molar-refractivity contribution in [3.8, 4) is 5.75 Å². The van der Waals surface area contributed by atoms with Crippen LogP contribution in [0.15, 0.2) is 12.2 Å². The molecule has 0 unspecified atom stereocenters. The van der Waals surface area contributed by atoms with E-state index in [1.54, 1.807) is 0 Å². The summed E-state index contributed by atoms with van der Waals surface area (Å²) in [5, 5.41) is 2.96. The van der Waals surface area contributed by atoms with E-state index < -0.39 is 34.8 Å². The summed E-state index contributed by atoms with van der Waals surface area (Å²) in [5.41, 5.74) is 0.419. The third-order valence-electron chi connectivity index (χ3n) is 2.39. The molecule has 0 fully saturated rings. The number of nitrogens with one attached hydrogen (secondary N) is 1. The van der Waals surface area contributed by atoms with E-state index in [-0.39, 0.29) is 6.61 Å². The Balaban J connectivity index is 2.76. The molecule has 0 aromatic heterocycles. The third-order valence-corrected chi connectivity index (χ3v) is 2.39. The van der Waals surface area contributed by atoms with Crippen LogP contribution in [0.1, 0.15) is 13.3 Å². The molecule has 0 heterocycles. The molecule has 1 aromatic carbocycles. The number of benzene rings is 1. The van der Waals surface area contributed by atoms with Crippen molar-refractivity contribution < 1.29 is 26.7 Å². The van der Waals surface area contributed by atoms with Crippen molar-refractivity contribution in [1.82, 2.24) is 5.32 Å². The summed E-state index contributed by atoms with van der Waals surface area (Å²) in [5.74, 6) is -11.6. The van der Waals surface area contributed by atoms with E-state index in [0.29, 0.717) is 18.7 Å². The van der Waals surface area contributed by atoms with E-state index in [9.17, 15) is 22.0 Å². The Kier molecular flexibility index (Phi) is 5.94. The van der Waals surface area contributed by atoms with E-state index in [1.165, 1.54) is 0 Å². The lowest BCUT2D eigenvalue weighted by Gasteiger charge is -2.12. The van der Waals surface area contributed by atoms with Crippen LogP contribution in [0, 0.1) is 29.1 Å². The zero-order valence-electron chi connectivity index (χ0n) is 10.8. The minimum Gasteiger partial charge on any atom is -0.483 e. The zero-order valence-corrected chi connectivity index (χ0v) is 10.8. The minimum absolute atomic E-state index is 0.323. The number of hydrogen-bond donors (Lipinski definition) is 1. The van der Waals surface area contributed by atoms with Crippen molar-refractivity contribution in [2.45, 2.75) is 13.3 Å². The highest BCUT2D eigenvalue weighted by Gasteiger charge is 2.26. The summed E-state index contributed by atoms with van der Waals surface area (Å²) in [6.45, 7) is 6.20. The van der Waals surface area contributed by atoms with Crippen molar-refractivity contribution >= 4 is 0 Å². The van der Waals surface area contributed by atoms with Gasteiger partial charge in [0.15, 0.2) is 5.75 Å². The first-order valence-electron chi connectivity index (χ1n) is 5.91. The third kappa shape index (κ3) is 3.69. The lowest BCUT2D eigenvalue weighted by Crippen LogP contribution is -2.20. The van der Waals surface area contributed by atoms with Gasteiger partial charge >= 0.3 is 0 Å². The Morgan fingerprint density at radius 1 is 1.00 bits per heavy atom. The lowest BCUT2D eigenvalue weighted by atomic mass is 10.2. The summed E-state index contributed by atoms with van der Waals surface area (Å²) in [6.07, 6.45) is 0.881. The molecule has 0 aliphatic heterocycles. The van der Waals surface area contributed by atoms with Gasteiger partial charge in [0.05, 0.1) is 0 Å². The van der Waals surface area contributed by atoms with Gasteiger partial charge in [0, 0.05) is 6.54 Å². The topological polar surface area (TPSA) is 21.3 Å². The molecule has 0 saturated heterocycles. The van der Waals surface area contributed by atoms with E-state index in [2.05, 4.69) is 16.6 Å². The molecule has 0 spiro atoms. The Bertz CT molecular complexity index is 475. The number of hydrogen-bond acceptors (Lipinski definition) is 2. The molecule has 0 saturated carbocycles. The highest BCUT2D eigenvalue weighted by Crippen LogP contribution is 2.29. The first kappa shape index (κ1) is 16.4. The molecular formula is C13H14F5NO.